The summed E-state index contributed by atoms with van der Waals surface area (Å²) in [6.45, 7) is 5.30. The summed E-state index contributed by atoms with van der Waals surface area (Å²) >= 11 is 0. The van der Waals surface area contributed by atoms with Gasteiger partial charge in [0.05, 0.1) is 13.2 Å². The van der Waals surface area contributed by atoms with Crippen LogP contribution in [0.25, 0.3) is 0 Å². The Morgan fingerprint density at radius 2 is 2.54 bits per heavy atom. The molecule has 2 heterocycles. The molecule has 2 saturated heterocycles. The highest BCUT2D eigenvalue weighted by atomic mass is 16.5. The molecule has 2 heteroatoms. The molecule has 74 valence electrons. The highest BCUT2D eigenvalue weighted by Gasteiger charge is 2.17. The van der Waals surface area contributed by atoms with E-state index in [9.17, 15) is 0 Å². The number of rotatable bonds is 2. The summed E-state index contributed by atoms with van der Waals surface area (Å²) in [6, 6.07) is 0.744. The van der Waals surface area contributed by atoms with Crippen LogP contribution in [0, 0.1) is 0 Å². The fourth-order valence-electron chi connectivity index (χ4n) is 2.24. The molecular formula is C11H19NO. The van der Waals surface area contributed by atoms with Crippen LogP contribution in [0.5, 0.6) is 0 Å². The summed E-state index contributed by atoms with van der Waals surface area (Å²) in [7, 11) is 0. The first-order chi connectivity index (χ1) is 6.36. The molecule has 13 heavy (non-hydrogen) atoms. The largest absolute Gasteiger partial charge is 0.377 e. The van der Waals surface area contributed by atoms with Gasteiger partial charge in [-0.2, -0.15) is 0 Å². The highest BCUT2D eigenvalue weighted by Crippen LogP contribution is 2.21. The highest BCUT2D eigenvalue weighted by molar-refractivity contribution is 5.16. The first kappa shape index (κ1) is 9.22. The van der Waals surface area contributed by atoms with Gasteiger partial charge in [-0.3, -0.25) is 0 Å². The van der Waals surface area contributed by atoms with Crippen LogP contribution in [0.15, 0.2) is 11.1 Å². The molecule has 0 aliphatic carbocycles. The first-order valence-electron chi connectivity index (χ1n) is 5.35. The van der Waals surface area contributed by atoms with Crippen LogP contribution < -0.4 is 5.32 Å². The molecule has 1 N–H and O–H groups in total. The Balaban J connectivity index is 1.88. The van der Waals surface area contributed by atoms with E-state index in [-0.39, 0.29) is 0 Å². The van der Waals surface area contributed by atoms with Crippen molar-refractivity contribution in [2.24, 2.45) is 0 Å². The standard InChI is InChI=1S/C11H19NO/c1-9(10-4-6-13-8-10)7-11-3-2-5-12-11/h11-12H,2-8H2,1H3/b10-9+. The van der Waals surface area contributed by atoms with Gasteiger partial charge in [0.2, 0.25) is 0 Å². The van der Waals surface area contributed by atoms with Gasteiger partial charge in [0.1, 0.15) is 0 Å². The van der Waals surface area contributed by atoms with Crippen LogP contribution in [-0.4, -0.2) is 25.8 Å². The molecule has 2 nitrogen and oxygen atoms in total. The molecule has 0 radical (unpaired) electrons. The van der Waals surface area contributed by atoms with Crippen molar-refractivity contribution in [1.29, 1.82) is 0 Å². The van der Waals surface area contributed by atoms with Gasteiger partial charge in [-0.1, -0.05) is 5.57 Å². The van der Waals surface area contributed by atoms with Gasteiger partial charge < -0.3 is 10.1 Å². The Hall–Kier alpha value is -0.340. The van der Waals surface area contributed by atoms with E-state index in [1.165, 1.54) is 32.2 Å². The molecule has 2 aliphatic rings. The normalized spacial score (nSPS) is 32.5. The molecule has 0 aromatic carbocycles. The lowest BCUT2D eigenvalue weighted by molar-refractivity contribution is 0.204. The minimum Gasteiger partial charge on any atom is -0.377 e. The third-order valence-corrected chi connectivity index (χ3v) is 3.14. The lowest BCUT2D eigenvalue weighted by atomic mass is 10.0. The smallest absolute Gasteiger partial charge is 0.0680 e. The quantitative estimate of drug-likeness (QED) is 0.657. The van der Waals surface area contributed by atoms with Crippen molar-refractivity contribution in [2.75, 3.05) is 19.8 Å². The molecule has 0 amide bonds. The molecule has 2 fully saturated rings. The molecule has 0 aromatic rings. The van der Waals surface area contributed by atoms with Gasteiger partial charge in [-0.15, -0.1) is 0 Å². The van der Waals surface area contributed by atoms with E-state index >= 15 is 0 Å². The lowest BCUT2D eigenvalue weighted by Gasteiger charge is -2.11. The fraction of sp³-hybridized carbons (Fsp3) is 0.818. The summed E-state index contributed by atoms with van der Waals surface area (Å²) in [6.07, 6.45) is 5.10. The summed E-state index contributed by atoms with van der Waals surface area (Å²) in [5.41, 5.74) is 3.12. The average Bonchev–Trinajstić information content (AvgIpc) is 2.74. The lowest BCUT2D eigenvalue weighted by Crippen LogP contribution is -2.21. The number of ether oxygens (including phenoxy) is 1. The van der Waals surface area contributed by atoms with Crippen LogP contribution in [-0.2, 0) is 4.74 Å². The Kier molecular flexibility index (Phi) is 3.01. The summed E-state index contributed by atoms with van der Waals surface area (Å²) in [4.78, 5) is 0. The third kappa shape index (κ3) is 2.32. The van der Waals surface area contributed by atoms with Crippen molar-refractivity contribution in [2.45, 2.75) is 38.6 Å². The molecule has 0 aromatic heterocycles. The fourth-order valence-corrected chi connectivity index (χ4v) is 2.24. The molecule has 0 spiro atoms. The Morgan fingerprint density at radius 1 is 1.62 bits per heavy atom. The number of nitrogens with one attached hydrogen (secondary N) is 1. The molecule has 0 bridgehead atoms. The van der Waals surface area contributed by atoms with Crippen molar-refractivity contribution in [3.63, 3.8) is 0 Å². The zero-order valence-corrected chi connectivity index (χ0v) is 8.44. The van der Waals surface area contributed by atoms with Gasteiger partial charge in [-0.05, 0) is 44.7 Å². The minimum absolute atomic E-state index is 0.744. The zero-order chi connectivity index (χ0) is 9.10. The van der Waals surface area contributed by atoms with E-state index in [4.69, 9.17) is 4.74 Å². The maximum atomic E-state index is 5.36. The molecule has 2 rings (SSSR count). The van der Waals surface area contributed by atoms with Crippen LogP contribution in [0.2, 0.25) is 0 Å². The topological polar surface area (TPSA) is 21.3 Å². The second kappa shape index (κ2) is 4.25. The van der Waals surface area contributed by atoms with Crippen molar-refractivity contribution in [1.82, 2.24) is 5.32 Å². The second-order valence-electron chi connectivity index (χ2n) is 4.18. The zero-order valence-electron chi connectivity index (χ0n) is 8.44. The maximum Gasteiger partial charge on any atom is 0.0680 e. The van der Waals surface area contributed by atoms with Gasteiger partial charge >= 0.3 is 0 Å². The predicted molar refractivity (Wildman–Crippen MR) is 53.8 cm³/mol. The van der Waals surface area contributed by atoms with E-state index in [1.807, 2.05) is 0 Å². The summed E-state index contributed by atoms with van der Waals surface area (Å²) < 4.78 is 5.36. The van der Waals surface area contributed by atoms with E-state index in [1.54, 1.807) is 11.1 Å². The van der Waals surface area contributed by atoms with Gasteiger partial charge in [0.25, 0.3) is 0 Å². The van der Waals surface area contributed by atoms with Crippen LogP contribution >= 0.6 is 0 Å². The Labute approximate surface area is 80.4 Å². The van der Waals surface area contributed by atoms with Gasteiger partial charge in [0.15, 0.2) is 0 Å². The van der Waals surface area contributed by atoms with Crippen LogP contribution in [0.1, 0.15) is 32.6 Å². The number of hydrogen-bond donors (Lipinski definition) is 1. The molecule has 2 aliphatic heterocycles. The average molecular weight is 181 g/mol. The SMILES string of the molecule is C/C(CC1CCCN1)=C1/CCOC1. The van der Waals surface area contributed by atoms with E-state index in [2.05, 4.69) is 12.2 Å². The second-order valence-corrected chi connectivity index (χ2v) is 4.18. The van der Waals surface area contributed by atoms with Crippen molar-refractivity contribution in [3.05, 3.63) is 11.1 Å². The molecular weight excluding hydrogens is 162 g/mol. The first-order valence-corrected chi connectivity index (χ1v) is 5.35. The Morgan fingerprint density at radius 3 is 3.15 bits per heavy atom. The van der Waals surface area contributed by atoms with Crippen molar-refractivity contribution < 1.29 is 4.74 Å². The third-order valence-electron chi connectivity index (χ3n) is 3.14. The maximum absolute atomic E-state index is 5.36. The summed E-state index contributed by atoms with van der Waals surface area (Å²) in [5, 5.41) is 3.54. The number of hydrogen-bond acceptors (Lipinski definition) is 2. The Bertz CT molecular complexity index is 196. The van der Waals surface area contributed by atoms with Crippen molar-refractivity contribution in [3.8, 4) is 0 Å². The molecule has 1 unspecified atom stereocenters. The molecule has 0 saturated carbocycles. The van der Waals surface area contributed by atoms with Gasteiger partial charge in [-0.25, -0.2) is 0 Å². The monoisotopic (exact) mass is 181 g/mol. The minimum atomic E-state index is 0.744. The van der Waals surface area contributed by atoms with Crippen molar-refractivity contribution >= 4 is 0 Å². The van der Waals surface area contributed by atoms with Crippen LogP contribution in [0.4, 0.5) is 0 Å². The van der Waals surface area contributed by atoms with E-state index in [0.717, 1.165) is 19.3 Å². The van der Waals surface area contributed by atoms with E-state index in [0.29, 0.717) is 0 Å². The summed E-state index contributed by atoms with van der Waals surface area (Å²) in [5.74, 6) is 0. The molecule has 1 atom stereocenters. The van der Waals surface area contributed by atoms with E-state index < -0.39 is 0 Å². The predicted octanol–water partition coefficient (Wildman–Crippen LogP) is 1.87. The van der Waals surface area contributed by atoms with Gasteiger partial charge in [0, 0.05) is 6.04 Å². The van der Waals surface area contributed by atoms with Crippen LogP contribution in [0.3, 0.4) is 0 Å².